The second-order valence-corrected chi connectivity index (χ2v) is 3.57. The average molecular weight is 244 g/mol. The van der Waals surface area contributed by atoms with Gasteiger partial charge < -0.3 is 15.0 Å². The molecule has 0 spiro atoms. The highest BCUT2D eigenvalue weighted by Gasteiger charge is 2.10. The molecular formula is C13H12N2O3. The SMILES string of the molecule is O=C(COC(=O)c1ccc[nH]1)Nc1ccccc1. The summed E-state index contributed by atoms with van der Waals surface area (Å²) in [6.07, 6.45) is 1.61. The largest absolute Gasteiger partial charge is 0.451 e. The Hall–Kier alpha value is -2.56. The van der Waals surface area contributed by atoms with Crippen molar-refractivity contribution in [3.8, 4) is 0 Å². The number of anilines is 1. The molecule has 0 aliphatic heterocycles. The summed E-state index contributed by atoms with van der Waals surface area (Å²) in [7, 11) is 0. The molecule has 0 saturated carbocycles. The Bertz CT molecular complexity index is 520. The van der Waals surface area contributed by atoms with E-state index in [1.54, 1.807) is 42.6 Å². The molecule has 0 unspecified atom stereocenters. The number of rotatable bonds is 4. The minimum Gasteiger partial charge on any atom is -0.451 e. The van der Waals surface area contributed by atoms with Gasteiger partial charge in [0.15, 0.2) is 6.61 Å². The lowest BCUT2D eigenvalue weighted by Crippen LogP contribution is -2.20. The first-order valence-electron chi connectivity index (χ1n) is 5.41. The van der Waals surface area contributed by atoms with Crippen LogP contribution in [-0.4, -0.2) is 23.5 Å². The Labute approximate surface area is 104 Å². The molecule has 18 heavy (non-hydrogen) atoms. The van der Waals surface area contributed by atoms with Crippen molar-refractivity contribution in [2.24, 2.45) is 0 Å². The van der Waals surface area contributed by atoms with Crippen molar-refractivity contribution in [3.05, 3.63) is 54.4 Å². The summed E-state index contributed by atoms with van der Waals surface area (Å²) in [4.78, 5) is 25.6. The first kappa shape index (κ1) is 11.9. The summed E-state index contributed by atoms with van der Waals surface area (Å²) in [6, 6.07) is 12.2. The van der Waals surface area contributed by atoms with Gasteiger partial charge in [-0.25, -0.2) is 4.79 Å². The third-order valence-corrected chi connectivity index (χ3v) is 2.21. The zero-order chi connectivity index (χ0) is 12.8. The quantitative estimate of drug-likeness (QED) is 0.806. The molecule has 1 aromatic heterocycles. The second-order valence-electron chi connectivity index (χ2n) is 3.57. The summed E-state index contributed by atoms with van der Waals surface area (Å²) in [5.74, 6) is -0.927. The lowest BCUT2D eigenvalue weighted by Gasteiger charge is -2.05. The average Bonchev–Trinajstić information content (AvgIpc) is 2.91. The van der Waals surface area contributed by atoms with Crippen molar-refractivity contribution in [1.29, 1.82) is 0 Å². The number of hydrogen-bond acceptors (Lipinski definition) is 3. The van der Waals surface area contributed by atoms with Gasteiger partial charge in [0.05, 0.1) is 0 Å². The molecule has 0 aliphatic carbocycles. The predicted octanol–water partition coefficient (Wildman–Crippen LogP) is 1.81. The van der Waals surface area contributed by atoms with E-state index in [9.17, 15) is 9.59 Å². The number of carbonyl (C=O) groups is 2. The minimum atomic E-state index is -0.553. The van der Waals surface area contributed by atoms with Crippen LogP contribution >= 0.6 is 0 Å². The Morgan fingerprint density at radius 2 is 1.89 bits per heavy atom. The van der Waals surface area contributed by atoms with Crippen LogP contribution in [0.15, 0.2) is 48.7 Å². The molecule has 0 saturated heterocycles. The number of ether oxygens (including phenoxy) is 1. The van der Waals surface area contributed by atoms with E-state index in [0.29, 0.717) is 11.4 Å². The lowest BCUT2D eigenvalue weighted by atomic mass is 10.3. The molecule has 1 amide bonds. The van der Waals surface area contributed by atoms with Gasteiger partial charge in [-0.15, -0.1) is 0 Å². The van der Waals surface area contributed by atoms with Gasteiger partial charge in [0, 0.05) is 11.9 Å². The Kier molecular flexibility index (Phi) is 3.76. The van der Waals surface area contributed by atoms with Crippen molar-refractivity contribution < 1.29 is 14.3 Å². The van der Waals surface area contributed by atoms with E-state index < -0.39 is 5.97 Å². The van der Waals surface area contributed by atoms with Crippen molar-refractivity contribution in [2.45, 2.75) is 0 Å². The van der Waals surface area contributed by atoms with E-state index in [1.165, 1.54) is 0 Å². The topological polar surface area (TPSA) is 71.2 Å². The van der Waals surface area contributed by atoms with Crippen molar-refractivity contribution in [1.82, 2.24) is 4.98 Å². The molecule has 1 heterocycles. The zero-order valence-corrected chi connectivity index (χ0v) is 9.55. The molecule has 1 aromatic carbocycles. The van der Waals surface area contributed by atoms with Crippen LogP contribution in [0.5, 0.6) is 0 Å². The molecule has 0 fully saturated rings. The summed E-state index contributed by atoms with van der Waals surface area (Å²) in [5.41, 5.74) is 0.987. The molecule has 0 aliphatic rings. The number of H-pyrrole nitrogens is 1. The van der Waals surface area contributed by atoms with E-state index in [4.69, 9.17) is 4.74 Å². The third kappa shape index (κ3) is 3.21. The number of amides is 1. The maximum Gasteiger partial charge on any atom is 0.355 e. The first-order chi connectivity index (χ1) is 8.75. The van der Waals surface area contributed by atoms with Gasteiger partial charge in [-0.3, -0.25) is 4.79 Å². The highest BCUT2D eigenvalue weighted by molar-refractivity contribution is 5.94. The van der Waals surface area contributed by atoms with E-state index in [2.05, 4.69) is 10.3 Å². The molecular weight excluding hydrogens is 232 g/mol. The smallest absolute Gasteiger partial charge is 0.355 e. The van der Waals surface area contributed by atoms with Gasteiger partial charge in [0.1, 0.15) is 5.69 Å². The Morgan fingerprint density at radius 1 is 1.11 bits per heavy atom. The monoisotopic (exact) mass is 244 g/mol. The fraction of sp³-hybridized carbons (Fsp3) is 0.0769. The van der Waals surface area contributed by atoms with E-state index in [-0.39, 0.29) is 12.5 Å². The molecule has 2 aromatic rings. The molecule has 92 valence electrons. The predicted molar refractivity (Wildman–Crippen MR) is 66.1 cm³/mol. The summed E-state index contributed by atoms with van der Waals surface area (Å²) < 4.78 is 4.84. The van der Waals surface area contributed by atoms with Gasteiger partial charge in [-0.05, 0) is 24.3 Å². The number of nitrogens with one attached hydrogen (secondary N) is 2. The fourth-order valence-electron chi connectivity index (χ4n) is 1.38. The molecule has 5 heteroatoms. The lowest BCUT2D eigenvalue weighted by molar-refractivity contribution is -0.119. The molecule has 0 bridgehead atoms. The summed E-state index contributed by atoms with van der Waals surface area (Å²) in [6.45, 7) is -0.313. The van der Waals surface area contributed by atoms with Crippen LogP contribution in [-0.2, 0) is 9.53 Å². The Balaban J connectivity index is 1.80. The number of benzene rings is 1. The molecule has 0 atom stereocenters. The molecule has 5 nitrogen and oxygen atoms in total. The number of aromatic nitrogens is 1. The van der Waals surface area contributed by atoms with E-state index in [1.807, 2.05) is 6.07 Å². The number of carbonyl (C=O) groups excluding carboxylic acids is 2. The van der Waals surface area contributed by atoms with Crippen LogP contribution in [0.1, 0.15) is 10.5 Å². The van der Waals surface area contributed by atoms with Crippen molar-refractivity contribution in [3.63, 3.8) is 0 Å². The van der Waals surface area contributed by atoms with Gasteiger partial charge >= 0.3 is 5.97 Å². The maximum absolute atomic E-state index is 11.5. The highest BCUT2D eigenvalue weighted by Crippen LogP contribution is 2.04. The van der Waals surface area contributed by atoms with Crippen LogP contribution in [0, 0.1) is 0 Å². The number of aromatic amines is 1. The van der Waals surface area contributed by atoms with Gasteiger partial charge in [0.25, 0.3) is 5.91 Å². The maximum atomic E-state index is 11.5. The second kappa shape index (κ2) is 5.67. The zero-order valence-electron chi connectivity index (χ0n) is 9.55. The number of para-hydroxylation sites is 1. The number of esters is 1. The van der Waals surface area contributed by atoms with Crippen molar-refractivity contribution >= 4 is 17.6 Å². The van der Waals surface area contributed by atoms with Crippen LogP contribution in [0.4, 0.5) is 5.69 Å². The van der Waals surface area contributed by atoms with Crippen LogP contribution < -0.4 is 5.32 Å². The molecule has 2 N–H and O–H groups in total. The highest BCUT2D eigenvalue weighted by atomic mass is 16.5. The van der Waals surface area contributed by atoms with Crippen LogP contribution in [0.2, 0.25) is 0 Å². The summed E-state index contributed by atoms with van der Waals surface area (Å²) >= 11 is 0. The summed E-state index contributed by atoms with van der Waals surface area (Å²) in [5, 5.41) is 2.62. The van der Waals surface area contributed by atoms with Crippen molar-refractivity contribution in [2.75, 3.05) is 11.9 Å². The van der Waals surface area contributed by atoms with E-state index in [0.717, 1.165) is 0 Å². The van der Waals surface area contributed by atoms with E-state index >= 15 is 0 Å². The first-order valence-corrected chi connectivity index (χ1v) is 5.41. The van der Waals surface area contributed by atoms with Gasteiger partial charge in [-0.2, -0.15) is 0 Å². The normalized spacial score (nSPS) is 9.78. The molecule has 2 rings (SSSR count). The van der Waals surface area contributed by atoms with Gasteiger partial charge in [0.2, 0.25) is 0 Å². The standard InChI is InChI=1S/C13H12N2O3/c16-12(15-10-5-2-1-3-6-10)9-18-13(17)11-7-4-8-14-11/h1-8,14H,9H2,(H,15,16). The van der Waals surface area contributed by atoms with Crippen LogP contribution in [0.25, 0.3) is 0 Å². The number of hydrogen-bond donors (Lipinski definition) is 2. The molecule has 0 radical (unpaired) electrons. The fourth-order valence-corrected chi connectivity index (χ4v) is 1.38. The minimum absolute atomic E-state index is 0.313. The third-order valence-electron chi connectivity index (χ3n) is 2.21. The van der Waals surface area contributed by atoms with Gasteiger partial charge in [-0.1, -0.05) is 18.2 Å². The van der Waals surface area contributed by atoms with Crippen LogP contribution in [0.3, 0.4) is 0 Å². The Morgan fingerprint density at radius 3 is 2.56 bits per heavy atom.